The van der Waals surface area contributed by atoms with Gasteiger partial charge >= 0.3 is 0 Å². The molecule has 1 atom stereocenters. The molecule has 0 unspecified atom stereocenters. The molecule has 0 radical (unpaired) electrons. The highest BCUT2D eigenvalue weighted by Gasteiger charge is 2.26. The van der Waals surface area contributed by atoms with Gasteiger partial charge in [-0.05, 0) is 42.8 Å². The van der Waals surface area contributed by atoms with E-state index in [9.17, 15) is 4.39 Å². The highest BCUT2D eigenvalue weighted by molar-refractivity contribution is 5.76. The van der Waals surface area contributed by atoms with Gasteiger partial charge in [0.15, 0.2) is 0 Å². The summed E-state index contributed by atoms with van der Waals surface area (Å²) < 4.78 is 18.3. The number of fused-ring (bicyclic) bond motifs is 1. The van der Waals surface area contributed by atoms with Gasteiger partial charge < -0.3 is 9.72 Å². The van der Waals surface area contributed by atoms with E-state index in [0.717, 1.165) is 54.2 Å². The molecule has 3 aromatic rings. The van der Waals surface area contributed by atoms with Crippen LogP contribution in [-0.2, 0) is 6.54 Å². The monoisotopic (exact) mass is 325 g/mol. The molecular weight excluding hydrogens is 305 g/mol. The van der Waals surface area contributed by atoms with Gasteiger partial charge in [0, 0.05) is 25.1 Å². The summed E-state index contributed by atoms with van der Waals surface area (Å²) in [6.45, 7) is 2.85. The number of nitrogens with zero attached hydrogens (tertiary/aromatic N) is 2. The lowest BCUT2D eigenvalue weighted by atomic mass is 10.1. The minimum Gasteiger partial charge on any atom is -0.497 e. The van der Waals surface area contributed by atoms with Crippen molar-refractivity contribution in [1.82, 2.24) is 14.9 Å². The fourth-order valence-corrected chi connectivity index (χ4v) is 3.38. The number of benzene rings is 2. The molecule has 24 heavy (non-hydrogen) atoms. The van der Waals surface area contributed by atoms with Crippen molar-refractivity contribution in [3.63, 3.8) is 0 Å². The van der Waals surface area contributed by atoms with Crippen molar-refractivity contribution >= 4 is 11.0 Å². The first-order chi connectivity index (χ1) is 11.7. The quantitative estimate of drug-likeness (QED) is 0.795. The minimum atomic E-state index is -0.184. The first-order valence-electron chi connectivity index (χ1n) is 8.22. The topological polar surface area (TPSA) is 41.1 Å². The van der Waals surface area contributed by atoms with Crippen molar-refractivity contribution in [1.29, 1.82) is 0 Å². The second-order valence-corrected chi connectivity index (χ2v) is 6.35. The summed E-state index contributed by atoms with van der Waals surface area (Å²) in [5.74, 6) is 2.10. The molecule has 0 aliphatic carbocycles. The van der Waals surface area contributed by atoms with Crippen molar-refractivity contribution in [2.75, 3.05) is 20.2 Å². The Hall–Kier alpha value is -2.40. The first kappa shape index (κ1) is 15.1. The summed E-state index contributed by atoms with van der Waals surface area (Å²) >= 11 is 0. The van der Waals surface area contributed by atoms with Gasteiger partial charge in [-0.1, -0.05) is 12.1 Å². The Kier molecular flexibility index (Phi) is 3.94. The number of ether oxygens (including phenoxy) is 1. The molecule has 5 heteroatoms. The van der Waals surface area contributed by atoms with Crippen LogP contribution in [0.1, 0.15) is 23.7 Å². The first-order valence-corrected chi connectivity index (χ1v) is 8.22. The Bertz CT molecular complexity index is 843. The fourth-order valence-electron chi connectivity index (χ4n) is 3.38. The van der Waals surface area contributed by atoms with Gasteiger partial charge in [0.2, 0.25) is 0 Å². The molecule has 1 aliphatic heterocycles. The smallest absolute Gasteiger partial charge is 0.123 e. The molecule has 0 bridgehead atoms. The Morgan fingerprint density at radius 2 is 2.08 bits per heavy atom. The molecule has 1 aromatic heterocycles. The van der Waals surface area contributed by atoms with Gasteiger partial charge in [-0.2, -0.15) is 0 Å². The molecule has 0 spiro atoms. The number of aromatic amines is 1. The Balaban J connectivity index is 1.47. The van der Waals surface area contributed by atoms with Gasteiger partial charge in [-0.25, -0.2) is 9.37 Å². The van der Waals surface area contributed by atoms with E-state index in [1.54, 1.807) is 7.11 Å². The van der Waals surface area contributed by atoms with E-state index in [4.69, 9.17) is 9.72 Å². The zero-order valence-electron chi connectivity index (χ0n) is 13.6. The molecule has 1 fully saturated rings. The van der Waals surface area contributed by atoms with E-state index in [0.29, 0.717) is 5.92 Å². The molecule has 4 rings (SSSR count). The SMILES string of the molecule is COc1ccc2nc([C@H]3CCN(Cc4ccc(F)cc4)C3)[nH]c2c1. The third-order valence-electron chi connectivity index (χ3n) is 4.69. The number of H-pyrrole nitrogens is 1. The number of imidazole rings is 1. The van der Waals surface area contributed by atoms with Crippen molar-refractivity contribution in [2.45, 2.75) is 18.9 Å². The normalized spacial score (nSPS) is 18.3. The maximum absolute atomic E-state index is 13.0. The third kappa shape index (κ3) is 2.99. The van der Waals surface area contributed by atoms with Crippen LogP contribution in [0.3, 0.4) is 0 Å². The third-order valence-corrected chi connectivity index (χ3v) is 4.69. The van der Waals surface area contributed by atoms with Crippen LogP contribution in [0.25, 0.3) is 11.0 Å². The largest absolute Gasteiger partial charge is 0.497 e. The second kappa shape index (κ2) is 6.24. The number of aromatic nitrogens is 2. The average Bonchev–Trinajstić information content (AvgIpc) is 3.22. The molecule has 1 aliphatic rings. The van der Waals surface area contributed by atoms with Gasteiger partial charge in [0.25, 0.3) is 0 Å². The molecule has 1 saturated heterocycles. The lowest BCUT2D eigenvalue weighted by Crippen LogP contribution is -2.19. The van der Waals surface area contributed by atoms with Crippen molar-refractivity contribution in [2.24, 2.45) is 0 Å². The van der Waals surface area contributed by atoms with Crippen LogP contribution < -0.4 is 4.74 Å². The maximum Gasteiger partial charge on any atom is 0.123 e. The Morgan fingerprint density at radius 3 is 2.88 bits per heavy atom. The predicted octanol–water partition coefficient (Wildman–Crippen LogP) is 3.70. The summed E-state index contributed by atoms with van der Waals surface area (Å²) in [7, 11) is 1.67. The molecule has 124 valence electrons. The van der Waals surface area contributed by atoms with E-state index < -0.39 is 0 Å². The summed E-state index contributed by atoms with van der Waals surface area (Å²) in [4.78, 5) is 10.6. The van der Waals surface area contributed by atoms with Crippen LogP contribution in [0, 0.1) is 5.82 Å². The van der Waals surface area contributed by atoms with E-state index in [-0.39, 0.29) is 5.82 Å². The maximum atomic E-state index is 13.0. The highest BCUT2D eigenvalue weighted by atomic mass is 19.1. The summed E-state index contributed by atoms with van der Waals surface area (Å²) in [5, 5.41) is 0. The zero-order valence-corrected chi connectivity index (χ0v) is 13.6. The van der Waals surface area contributed by atoms with E-state index in [2.05, 4.69) is 9.88 Å². The van der Waals surface area contributed by atoms with Crippen molar-refractivity contribution < 1.29 is 9.13 Å². The molecular formula is C19H20FN3O. The number of nitrogens with one attached hydrogen (secondary N) is 1. The van der Waals surface area contributed by atoms with Crippen LogP contribution in [0.2, 0.25) is 0 Å². The lowest BCUT2D eigenvalue weighted by molar-refractivity contribution is 0.326. The summed E-state index contributed by atoms with van der Waals surface area (Å²) in [6, 6.07) is 12.7. The van der Waals surface area contributed by atoms with Gasteiger partial charge in [0.1, 0.15) is 17.4 Å². The molecule has 0 saturated carbocycles. The molecule has 2 heterocycles. The van der Waals surface area contributed by atoms with Gasteiger partial charge in [-0.15, -0.1) is 0 Å². The van der Waals surface area contributed by atoms with Crippen molar-refractivity contribution in [3.05, 3.63) is 59.7 Å². The lowest BCUT2D eigenvalue weighted by Gasteiger charge is -2.15. The number of hydrogen-bond acceptors (Lipinski definition) is 3. The van der Waals surface area contributed by atoms with Gasteiger partial charge in [0.05, 0.1) is 18.1 Å². The van der Waals surface area contributed by atoms with Crippen LogP contribution in [0.4, 0.5) is 4.39 Å². The second-order valence-electron chi connectivity index (χ2n) is 6.35. The standard InChI is InChI=1S/C19H20FN3O/c1-24-16-6-7-17-18(10-16)22-19(21-17)14-8-9-23(12-14)11-13-2-4-15(20)5-3-13/h2-7,10,14H,8-9,11-12H2,1H3,(H,21,22)/t14-/m0/s1. The van der Waals surface area contributed by atoms with Crippen molar-refractivity contribution in [3.8, 4) is 5.75 Å². The average molecular weight is 325 g/mol. The van der Waals surface area contributed by atoms with Crippen LogP contribution in [0.15, 0.2) is 42.5 Å². The van der Waals surface area contributed by atoms with Crippen LogP contribution >= 0.6 is 0 Å². The predicted molar refractivity (Wildman–Crippen MR) is 91.7 cm³/mol. The molecule has 0 amide bonds. The number of hydrogen-bond donors (Lipinski definition) is 1. The van der Waals surface area contributed by atoms with Gasteiger partial charge in [-0.3, -0.25) is 4.90 Å². The minimum absolute atomic E-state index is 0.184. The number of likely N-dealkylation sites (tertiary alicyclic amines) is 1. The number of methoxy groups -OCH3 is 1. The van der Waals surface area contributed by atoms with E-state index in [1.807, 2.05) is 30.3 Å². The Labute approximate surface area is 140 Å². The van der Waals surface area contributed by atoms with Crippen LogP contribution in [-0.4, -0.2) is 35.1 Å². The zero-order chi connectivity index (χ0) is 16.5. The molecule has 1 N–H and O–H groups in total. The molecule has 2 aromatic carbocycles. The fraction of sp³-hybridized carbons (Fsp3) is 0.316. The highest BCUT2D eigenvalue weighted by Crippen LogP contribution is 2.29. The number of halogens is 1. The van der Waals surface area contributed by atoms with Crippen LogP contribution in [0.5, 0.6) is 5.75 Å². The Morgan fingerprint density at radius 1 is 1.25 bits per heavy atom. The summed E-state index contributed by atoms with van der Waals surface area (Å²) in [6.07, 6.45) is 1.08. The number of rotatable bonds is 4. The van der Waals surface area contributed by atoms with E-state index >= 15 is 0 Å². The summed E-state index contributed by atoms with van der Waals surface area (Å²) in [5.41, 5.74) is 3.13. The van der Waals surface area contributed by atoms with E-state index in [1.165, 1.54) is 12.1 Å². The molecule has 4 nitrogen and oxygen atoms in total.